The molecule has 0 saturated heterocycles. The number of likely N-dealkylation sites (N-methyl/N-ethyl adjacent to an activating group) is 1. The number of allylic oxidation sites excluding steroid dienone is 2. The minimum Gasteiger partial charge on any atom is -0.368 e. The number of fused-ring (bicyclic) bond motifs is 3. The molecule has 0 N–H and O–H groups in total. The highest BCUT2D eigenvalue weighted by Crippen LogP contribution is 2.50. The van der Waals surface area contributed by atoms with Gasteiger partial charge in [0.05, 0.1) is 6.04 Å². The Morgan fingerprint density at radius 1 is 0.639 bits per heavy atom. The molecule has 2 aliphatic rings. The first-order chi connectivity index (χ1) is 17.5. The number of rotatable bonds is 5. The molecule has 0 bridgehead atoms. The van der Waals surface area contributed by atoms with Gasteiger partial charge in [0, 0.05) is 35.2 Å². The summed E-state index contributed by atoms with van der Waals surface area (Å²) in [7, 11) is 2.18. The van der Waals surface area contributed by atoms with Crippen LogP contribution in [0.4, 0.5) is 22.7 Å². The molecule has 4 aromatic rings. The maximum atomic E-state index is 2.39. The van der Waals surface area contributed by atoms with E-state index in [2.05, 4.69) is 152 Å². The fourth-order valence-corrected chi connectivity index (χ4v) is 5.74. The number of anilines is 4. The van der Waals surface area contributed by atoms with Crippen molar-refractivity contribution < 1.29 is 0 Å². The van der Waals surface area contributed by atoms with Crippen LogP contribution < -0.4 is 9.80 Å². The molecule has 2 heteroatoms. The van der Waals surface area contributed by atoms with Crippen molar-refractivity contribution in [3.8, 4) is 11.1 Å². The van der Waals surface area contributed by atoms with Gasteiger partial charge in [0.25, 0.3) is 0 Å². The van der Waals surface area contributed by atoms with Gasteiger partial charge in [0.1, 0.15) is 0 Å². The van der Waals surface area contributed by atoms with Gasteiger partial charge in [-0.15, -0.1) is 0 Å². The van der Waals surface area contributed by atoms with E-state index in [0.29, 0.717) is 6.04 Å². The van der Waals surface area contributed by atoms with Crippen LogP contribution >= 0.6 is 0 Å². The van der Waals surface area contributed by atoms with Crippen molar-refractivity contribution in [1.82, 2.24) is 0 Å². The molecule has 36 heavy (non-hydrogen) atoms. The van der Waals surface area contributed by atoms with Crippen molar-refractivity contribution >= 4 is 22.7 Å². The van der Waals surface area contributed by atoms with Crippen LogP contribution in [0, 0.1) is 0 Å². The largest absolute Gasteiger partial charge is 0.368 e. The second kappa shape index (κ2) is 8.87. The molecule has 4 aromatic carbocycles. The predicted molar refractivity (Wildman–Crippen MR) is 154 cm³/mol. The highest BCUT2D eigenvalue weighted by Gasteiger charge is 2.35. The molecular weight excluding hydrogens is 436 g/mol. The standard InChI is InChI=1S/C34H32N2/c1-34(2)32-17-11-10-16-30(32)31-23-22-29(24-33(31)34)36(27-14-8-5-9-15-27)28-20-18-26(19-21-28)35(3)25-12-6-4-7-13-25/h4-12,14-25H,13H2,1-3H3. The second-order valence-corrected chi connectivity index (χ2v) is 10.3. The van der Waals surface area contributed by atoms with Gasteiger partial charge in [-0.2, -0.15) is 0 Å². The highest BCUT2D eigenvalue weighted by atomic mass is 15.2. The van der Waals surface area contributed by atoms with Crippen molar-refractivity contribution in [2.24, 2.45) is 0 Å². The van der Waals surface area contributed by atoms with Gasteiger partial charge in [-0.05, 0) is 77.2 Å². The Morgan fingerprint density at radius 2 is 1.28 bits per heavy atom. The molecule has 6 rings (SSSR count). The maximum absolute atomic E-state index is 2.39. The van der Waals surface area contributed by atoms with Crippen LogP contribution in [-0.2, 0) is 5.41 Å². The zero-order valence-electron chi connectivity index (χ0n) is 21.2. The zero-order valence-corrected chi connectivity index (χ0v) is 21.2. The van der Waals surface area contributed by atoms with E-state index in [4.69, 9.17) is 0 Å². The van der Waals surface area contributed by atoms with Gasteiger partial charge in [0.2, 0.25) is 0 Å². The van der Waals surface area contributed by atoms with Gasteiger partial charge in [-0.3, -0.25) is 0 Å². The predicted octanol–water partition coefficient (Wildman–Crippen LogP) is 8.78. The molecule has 1 unspecified atom stereocenters. The number of para-hydroxylation sites is 1. The van der Waals surface area contributed by atoms with Crippen LogP contribution in [0.25, 0.3) is 11.1 Å². The summed E-state index contributed by atoms with van der Waals surface area (Å²) in [6, 6.07) is 35.8. The van der Waals surface area contributed by atoms with Crippen LogP contribution in [0.1, 0.15) is 31.4 Å². The van der Waals surface area contributed by atoms with Gasteiger partial charge in [-0.25, -0.2) is 0 Å². The van der Waals surface area contributed by atoms with E-state index >= 15 is 0 Å². The third-order valence-electron chi connectivity index (χ3n) is 7.81. The zero-order chi connectivity index (χ0) is 24.7. The molecule has 0 spiro atoms. The maximum Gasteiger partial charge on any atom is 0.0507 e. The lowest BCUT2D eigenvalue weighted by Gasteiger charge is -2.30. The van der Waals surface area contributed by atoms with E-state index in [1.165, 1.54) is 33.6 Å². The van der Waals surface area contributed by atoms with E-state index in [1.807, 2.05) is 0 Å². The van der Waals surface area contributed by atoms with Crippen LogP contribution in [0.15, 0.2) is 121 Å². The van der Waals surface area contributed by atoms with Crippen LogP contribution in [0.5, 0.6) is 0 Å². The van der Waals surface area contributed by atoms with Gasteiger partial charge < -0.3 is 9.80 Å². The Hall–Kier alpha value is -4.04. The summed E-state index contributed by atoms with van der Waals surface area (Å²) in [6.45, 7) is 4.68. The third kappa shape index (κ3) is 3.74. The van der Waals surface area contributed by atoms with Crippen molar-refractivity contribution in [2.75, 3.05) is 16.8 Å². The summed E-state index contributed by atoms with van der Waals surface area (Å²) in [5, 5.41) is 0. The Morgan fingerprint density at radius 3 is 2.03 bits per heavy atom. The highest BCUT2D eigenvalue weighted by molar-refractivity contribution is 5.85. The SMILES string of the molecule is CN(c1ccc(N(c2ccccc2)c2ccc3c(c2)C(C)(C)c2ccccc2-3)cc1)C1C=CC=CC1. The number of hydrogen-bond donors (Lipinski definition) is 0. The fourth-order valence-electron chi connectivity index (χ4n) is 5.74. The van der Waals surface area contributed by atoms with Crippen LogP contribution in [0.3, 0.4) is 0 Å². The summed E-state index contributed by atoms with van der Waals surface area (Å²) < 4.78 is 0. The third-order valence-corrected chi connectivity index (χ3v) is 7.81. The lowest BCUT2D eigenvalue weighted by atomic mass is 9.82. The average Bonchev–Trinajstić information content (AvgIpc) is 3.16. The smallest absolute Gasteiger partial charge is 0.0507 e. The lowest BCUT2D eigenvalue weighted by Crippen LogP contribution is -2.30. The molecule has 2 nitrogen and oxygen atoms in total. The Bertz CT molecular complexity index is 1440. The molecule has 0 radical (unpaired) electrons. The molecule has 0 aliphatic heterocycles. The summed E-state index contributed by atoms with van der Waals surface area (Å²) in [5.41, 5.74) is 10.2. The topological polar surface area (TPSA) is 6.48 Å². The average molecular weight is 469 g/mol. The van der Waals surface area contributed by atoms with Gasteiger partial charge >= 0.3 is 0 Å². The van der Waals surface area contributed by atoms with Gasteiger partial charge in [0.15, 0.2) is 0 Å². The quantitative estimate of drug-likeness (QED) is 0.289. The normalized spacial score (nSPS) is 16.9. The Labute approximate surface area is 214 Å². The van der Waals surface area contributed by atoms with E-state index < -0.39 is 0 Å². The van der Waals surface area contributed by atoms with Gasteiger partial charge in [-0.1, -0.05) is 86.7 Å². The first-order valence-corrected chi connectivity index (χ1v) is 12.8. The molecule has 2 aliphatic carbocycles. The van der Waals surface area contributed by atoms with Crippen molar-refractivity contribution in [2.45, 2.75) is 31.7 Å². The van der Waals surface area contributed by atoms with Crippen molar-refractivity contribution in [3.63, 3.8) is 0 Å². The molecule has 0 saturated carbocycles. The van der Waals surface area contributed by atoms with Crippen molar-refractivity contribution in [3.05, 3.63) is 132 Å². The van der Waals surface area contributed by atoms with E-state index in [0.717, 1.165) is 17.8 Å². The summed E-state index contributed by atoms with van der Waals surface area (Å²) in [6.07, 6.45) is 9.82. The van der Waals surface area contributed by atoms with Crippen molar-refractivity contribution in [1.29, 1.82) is 0 Å². The summed E-state index contributed by atoms with van der Waals surface area (Å²) in [5.74, 6) is 0. The molecule has 0 amide bonds. The number of hydrogen-bond acceptors (Lipinski definition) is 2. The lowest BCUT2D eigenvalue weighted by molar-refractivity contribution is 0.660. The monoisotopic (exact) mass is 468 g/mol. The van der Waals surface area contributed by atoms with E-state index in [-0.39, 0.29) is 5.41 Å². The minimum absolute atomic E-state index is 0.0289. The minimum atomic E-state index is -0.0289. The summed E-state index contributed by atoms with van der Waals surface area (Å²) >= 11 is 0. The molecular formula is C34H32N2. The summed E-state index contributed by atoms with van der Waals surface area (Å²) in [4.78, 5) is 4.72. The Balaban J connectivity index is 1.40. The molecule has 1 atom stereocenters. The molecule has 0 aromatic heterocycles. The second-order valence-electron chi connectivity index (χ2n) is 10.3. The molecule has 178 valence electrons. The number of nitrogens with zero attached hydrogens (tertiary/aromatic N) is 2. The van der Waals surface area contributed by atoms with E-state index in [9.17, 15) is 0 Å². The van der Waals surface area contributed by atoms with Crippen LogP contribution in [0.2, 0.25) is 0 Å². The first-order valence-electron chi connectivity index (χ1n) is 12.8. The first kappa shape index (κ1) is 22.4. The fraction of sp³-hybridized carbons (Fsp3) is 0.176. The van der Waals surface area contributed by atoms with E-state index in [1.54, 1.807) is 0 Å². The molecule has 0 fully saturated rings. The number of benzene rings is 4. The molecule has 0 heterocycles. The van der Waals surface area contributed by atoms with Crippen LogP contribution in [-0.4, -0.2) is 13.1 Å². The Kier molecular flexibility index (Phi) is 5.53.